The van der Waals surface area contributed by atoms with Crippen LogP contribution in [0.5, 0.6) is 5.75 Å². The Bertz CT molecular complexity index is 430. The van der Waals surface area contributed by atoms with Crippen molar-refractivity contribution in [1.29, 1.82) is 0 Å². The summed E-state index contributed by atoms with van der Waals surface area (Å²) in [6.07, 6.45) is 0. The van der Waals surface area contributed by atoms with E-state index in [4.69, 9.17) is 10.5 Å². The highest BCUT2D eigenvalue weighted by molar-refractivity contribution is 5.82. The molecular weight excluding hydrogens is 242 g/mol. The maximum absolute atomic E-state index is 11.9. The lowest BCUT2D eigenvalue weighted by Crippen LogP contribution is -2.48. The maximum atomic E-state index is 11.9. The Labute approximate surface area is 113 Å². The van der Waals surface area contributed by atoms with Crippen molar-refractivity contribution in [2.45, 2.75) is 13.0 Å². The smallest absolute Gasteiger partial charge is 0.239 e. The molecule has 19 heavy (non-hydrogen) atoms. The van der Waals surface area contributed by atoms with Gasteiger partial charge in [0.15, 0.2) is 0 Å². The fourth-order valence-corrected chi connectivity index (χ4v) is 2.46. The summed E-state index contributed by atoms with van der Waals surface area (Å²) in [5, 5.41) is 3.27. The van der Waals surface area contributed by atoms with Gasteiger partial charge in [0.25, 0.3) is 0 Å². The number of para-hydroxylation sites is 1. The van der Waals surface area contributed by atoms with Crippen molar-refractivity contribution in [1.82, 2.24) is 10.2 Å². The van der Waals surface area contributed by atoms with E-state index in [-0.39, 0.29) is 5.91 Å². The molecule has 1 amide bonds. The third kappa shape index (κ3) is 3.24. The second kappa shape index (κ2) is 6.54. The molecule has 1 aliphatic heterocycles. The third-order valence-electron chi connectivity index (χ3n) is 3.30. The van der Waals surface area contributed by atoms with Gasteiger partial charge in [-0.3, -0.25) is 9.69 Å². The van der Waals surface area contributed by atoms with E-state index in [1.165, 1.54) is 0 Å². The number of nitrogens with one attached hydrogen (secondary N) is 1. The molecule has 0 spiro atoms. The molecule has 1 saturated heterocycles. The van der Waals surface area contributed by atoms with E-state index in [1.807, 2.05) is 31.2 Å². The number of ether oxygens (including phenoxy) is 1. The van der Waals surface area contributed by atoms with Gasteiger partial charge in [-0.1, -0.05) is 18.2 Å². The van der Waals surface area contributed by atoms with Crippen molar-refractivity contribution in [2.24, 2.45) is 5.73 Å². The topological polar surface area (TPSA) is 67.6 Å². The van der Waals surface area contributed by atoms with Crippen LogP contribution in [0.25, 0.3) is 0 Å². The Hall–Kier alpha value is -1.59. The van der Waals surface area contributed by atoms with Gasteiger partial charge in [-0.2, -0.15) is 0 Å². The molecule has 5 nitrogen and oxygen atoms in total. The second-order valence-electron chi connectivity index (χ2n) is 4.56. The molecule has 3 N–H and O–H groups in total. The summed E-state index contributed by atoms with van der Waals surface area (Å²) in [5.74, 6) is 0.418. The fourth-order valence-electron chi connectivity index (χ4n) is 2.46. The third-order valence-corrected chi connectivity index (χ3v) is 3.30. The first-order chi connectivity index (χ1) is 9.24. The van der Waals surface area contributed by atoms with E-state index in [1.54, 1.807) is 0 Å². The van der Waals surface area contributed by atoms with E-state index >= 15 is 0 Å². The van der Waals surface area contributed by atoms with Crippen LogP contribution in [-0.2, 0) is 4.79 Å². The first-order valence-corrected chi connectivity index (χ1v) is 6.70. The van der Waals surface area contributed by atoms with Crippen LogP contribution >= 0.6 is 0 Å². The van der Waals surface area contributed by atoms with Crippen LogP contribution in [0.1, 0.15) is 18.5 Å². The molecule has 0 aromatic heterocycles. The largest absolute Gasteiger partial charge is 0.494 e. The molecule has 1 unspecified atom stereocenters. The quantitative estimate of drug-likeness (QED) is 0.812. The Balaban J connectivity index is 2.30. The van der Waals surface area contributed by atoms with Crippen LogP contribution in [0, 0.1) is 0 Å². The summed E-state index contributed by atoms with van der Waals surface area (Å²) in [6.45, 7) is 5.88. The molecule has 104 valence electrons. The number of hydrogen-bond acceptors (Lipinski definition) is 4. The minimum atomic E-state index is -0.412. The van der Waals surface area contributed by atoms with Gasteiger partial charge in [0.1, 0.15) is 11.8 Å². The Kier molecular flexibility index (Phi) is 4.76. The molecule has 1 atom stereocenters. The Morgan fingerprint density at radius 2 is 2.11 bits per heavy atom. The summed E-state index contributed by atoms with van der Waals surface area (Å²) >= 11 is 0. The van der Waals surface area contributed by atoms with E-state index < -0.39 is 6.04 Å². The molecule has 1 aliphatic rings. The van der Waals surface area contributed by atoms with Crippen LogP contribution in [0.3, 0.4) is 0 Å². The van der Waals surface area contributed by atoms with Gasteiger partial charge in [0.05, 0.1) is 6.61 Å². The fraction of sp³-hybridized carbons (Fsp3) is 0.500. The number of piperazine rings is 1. The Morgan fingerprint density at radius 1 is 1.42 bits per heavy atom. The lowest BCUT2D eigenvalue weighted by Gasteiger charge is -2.33. The molecule has 1 heterocycles. The van der Waals surface area contributed by atoms with Crippen LogP contribution in [0.15, 0.2) is 24.3 Å². The summed E-state index contributed by atoms with van der Waals surface area (Å²) in [5.41, 5.74) is 6.47. The number of rotatable bonds is 5. The number of amides is 1. The van der Waals surface area contributed by atoms with Crippen molar-refractivity contribution in [3.63, 3.8) is 0 Å². The number of carbonyl (C=O) groups excluding carboxylic acids is 1. The standard InChI is InChI=1S/C14H21N3O2/c1-2-19-12-6-4-3-5-11(12)13(14(15)18)17-9-7-16-8-10-17/h3-6,13,16H,2,7-10H2,1H3,(H2,15,18). The predicted octanol–water partition coefficient (Wildman–Crippen LogP) is 0.517. The van der Waals surface area contributed by atoms with E-state index in [0.29, 0.717) is 6.61 Å². The van der Waals surface area contributed by atoms with Gasteiger partial charge >= 0.3 is 0 Å². The summed E-state index contributed by atoms with van der Waals surface area (Å²) < 4.78 is 5.61. The monoisotopic (exact) mass is 263 g/mol. The lowest BCUT2D eigenvalue weighted by molar-refractivity contribution is -0.123. The van der Waals surface area contributed by atoms with Gasteiger partial charge in [0.2, 0.25) is 5.91 Å². The molecule has 0 saturated carbocycles. The molecule has 1 fully saturated rings. The van der Waals surface area contributed by atoms with Crippen LogP contribution in [0.2, 0.25) is 0 Å². The molecular formula is C14H21N3O2. The zero-order valence-electron chi connectivity index (χ0n) is 11.3. The molecule has 0 aliphatic carbocycles. The molecule has 5 heteroatoms. The Morgan fingerprint density at radius 3 is 2.74 bits per heavy atom. The number of nitrogens with zero attached hydrogens (tertiary/aromatic N) is 1. The zero-order chi connectivity index (χ0) is 13.7. The molecule has 0 bridgehead atoms. The summed E-state index contributed by atoms with van der Waals surface area (Å²) in [7, 11) is 0. The molecule has 0 radical (unpaired) electrons. The number of benzene rings is 1. The zero-order valence-corrected chi connectivity index (χ0v) is 11.3. The number of carbonyl (C=O) groups is 1. The first kappa shape index (κ1) is 13.8. The van der Waals surface area contributed by atoms with Gasteiger partial charge in [-0.25, -0.2) is 0 Å². The summed E-state index contributed by atoms with van der Waals surface area (Å²) in [6, 6.07) is 7.21. The highest BCUT2D eigenvalue weighted by atomic mass is 16.5. The first-order valence-electron chi connectivity index (χ1n) is 6.70. The van der Waals surface area contributed by atoms with Crippen molar-refractivity contribution in [2.75, 3.05) is 32.8 Å². The predicted molar refractivity (Wildman–Crippen MR) is 74.0 cm³/mol. The molecule has 1 aromatic carbocycles. The second-order valence-corrected chi connectivity index (χ2v) is 4.56. The van der Waals surface area contributed by atoms with Crippen molar-refractivity contribution in [3.05, 3.63) is 29.8 Å². The molecule has 1 aromatic rings. The van der Waals surface area contributed by atoms with E-state index in [0.717, 1.165) is 37.5 Å². The average molecular weight is 263 g/mol. The minimum absolute atomic E-state index is 0.325. The maximum Gasteiger partial charge on any atom is 0.239 e. The highest BCUT2D eigenvalue weighted by Crippen LogP contribution is 2.29. The highest BCUT2D eigenvalue weighted by Gasteiger charge is 2.29. The van der Waals surface area contributed by atoms with Gasteiger partial charge < -0.3 is 15.8 Å². The van der Waals surface area contributed by atoms with Gasteiger partial charge in [0, 0.05) is 31.7 Å². The van der Waals surface area contributed by atoms with E-state index in [2.05, 4.69) is 10.2 Å². The van der Waals surface area contributed by atoms with Crippen LogP contribution in [-0.4, -0.2) is 43.6 Å². The van der Waals surface area contributed by atoms with Crippen LogP contribution in [0.4, 0.5) is 0 Å². The number of hydrogen-bond donors (Lipinski definition) is 2. The van der Waals surface area contributed by atoms with Gasteiger partial charge in [-0.15, -0.1) is 0 Å². The molecule has 2 rings (SSSR count). The number of primary amides is 1. The van der Waals surface area contributed by atoms with E-state index in [9.17, 15) is 4.79 Å². The lowest BCUT2D eigenvalue weighted by atomic mass is 10.0. The summed E-state index contributed by atoms with van der Waals surface area (Å²) in [4.78, 5) is 14.0. The van der Waals surface area contributed by atoms with Gasteiger partial charge in [-0.05, 0) is 13.0 Å². The van der Waals surface area contributed by atoms with Crippen molar-refractivity contribution in [3.8, 4) is 5.75 Å². The normalized spacial score (nSPS) is 17.9. The minimum Gasteiger partial charge on any atom is -0.494 e. The SMILES string of the molecule is CCOc1ccccc1C(C(N)=O)N1CCNCC1. The van der Waals surface area contributed by atoms with Crippen molar-refractivity contribution >= 4 is 5.91 Å². The average Bonchev–Trinajstić information content (AvgIpc) is 2.42. The number of nitrogens with two attached hydrogens (primary N) is 1. The van der Waals surface area contributed by atoms with Crippen molar-refractivity contribution < 1.29 is 9.53 Å². The van der Waals surface area contributed by atoms with Crippen LogP contribution < -0.4 is 15.8 Å².